The van der Waals surface area contributed by atoms with Gasteiger partial charge in [-0.3, -0.25) is 19.3 Å². The molecule has 1 saturated carbocycles. The molecule has 0 aromatic heterocycles. The van der Waals surface area contributed by atoms with E-state index in [0.717, 1.165) is 23.3 Å². The second kappa shape index (κ2) is 8.22. The Morgan fingerprint density at radius 3 is 2.59 bits per heavy atom. The summed E-state index contributed by atoms with van der Waals surface area (Å²) >= 11 is 0. The SMILES string of the molecule is CC1CC(C)(C)CC2(C1)NC(=O)N(CC(=O)OCC(=O)N1CCc3ccccc3C1)C2=O. The Kier molecular flexibility index (Phi) is 5.73. The minimum absolute atomic E-state index is 0.0867. The molecule has 1 aliphatic carbocycles. The van der Waals surface area contributed by atoms with E-state index in [1.807, 2.05) is 18.2 Å². The maximum Gasteiger partial charge on any atom is 0.326 e. The van der Waals surface area contributed by atoms with Crippen molar-refractivity contribution in [3.05, 3.63) is 35.4 Å². The van der Waals surface area contributed by atoms with Crippen molar-refractivity contribution in [3.63, 3.8) is 0 Å². The molecule has 1 saturated heterocycles. The third-order valence-electron chi connectivity index (χ3n) is 6.75. The number of hydrogen-bond acceptors (Lipinski definition) is 5. The Morgan fingerprint density at radius 2 is 1.88 bits per heavy atom. The summed E-state index contributed by atoms with van der Waals surface area (Å²) in [6.45, 7) is 6.41. The standard InChI is InChI=1S/C24H31N3O5/c1-16-10-23(2,3)15-24(11-16)21(30)27(22(31)25-24)13-20(29)32-14-19(28)26-9-8-17-6-4-5-7-18(17)12-26/h4-7,16H,8-15H2,1-3H3,(H,25,31). The number of rotatable bonds is 4. The predicted octanol–water partition coefficient (Wildman–Crippen LogP) is 2.25. The molecule has 4 amide bonds. The van der Waals surface area contributed by atoms with Crippen molar-refractivity contribution >= 4 is 23.8 Å². The van der Waals surface area contributed by atoms with Crippen molar-refractivity contribution in [1.29, 1.82) is 0 Å². The van der Waals surface area contributed by atoms with Crippen LogP contribution >= 0.6 is 0 Å². The Bertz CT molecular complexity index is 959. The molecule has 8 nitrogen and oxygen atoms in total. The van der Waals surface area contributed by atoms with Gasteiger partial charge < -0.3 is 15.0 Å². The predicted molar refractivity (Wildman–Crippen MR) is 116 cm³/mol. The molecule has 2 fully saturated rings. The van der Waals surface area contributed by atoms with Gasteiger partial charge in [0.15, 0.2) is 6.61 Å². The number of benzene rings is 1. The van der Waals surface area contributed by atoms with Crippen molar-refractivity contribution in [2.75, 3.05) is 19.7 Å². The van der Waals surface area contributed by atoms with Crippen molar-refractivity contribution in [2.45, 2.75) is 58.5 Å². The molecule has 2 atom stereocenters. The largest absolute Gasteiger partial charge is 0.454 e. The maximum absolute atomic E-state index is 13.1. The molecule has 2 unspecified atom stereocenters. The van der Waals surface area contributed by atoms with Gasteiger partial charge in [-0.05, 0) is 48.1 Å². The lowest BCUT2D eigenvalue weighted by Crippen LogP contribution is -2.54. The van der Waals surface area contributed by atoms with Crippen LogP contribution in [0, 0.1) is 11.3 Å². The summed E-state index contributed by atoms with van der Waals surface area (Å²) in [4.78, 5) is 53.1. The number of urea groups is 1. The first kappa shape index (κ1) is 22.3. The lowest BCUT2D eigenvalue weighted by atomic mass is 9.64. The highest BCUT2D eigenvalue weighted by Gasteiger charge is 2.56. The fraction of sp³-hybridized carbons (Fsp3) is 0.583. The molecule has 0 radical (unpaired) electrons. The molecule has 2 heterocycles. The smallest absolute Gasteiger partial charge is 0.326 e. The number of esters is 1. The van der Waals surface area contributed by atoms with Crippen LogP contribution in [0.4, 0.5) is 4.79 Å². The topological polar surface area (TPSA) is 96.0 Å². The monoisotopic (exact) mass is 441 g/mol. The molecule has 1 spiro atoms. The summed E-state index contributed by atoms with van der Waals surface area (Å²) in [6, 6.07) is 7.38. The van der Waals surface area contributed by atoms with Gasteiger partial charge in [0.05, 0.1) is 0 Å². The van der Waals surface area contributed by atoms with E-state index in [0.29, 0.717) is 25.9 Å². The zero-order valence-electron chi connectivity index (χ0n) is 19.0. The Hall–Kier alpha value is -2.90. The Labute approximate surface area is 188 Å². The Morgan fingerprint density at radius 1 is 1.16 bits per heavy atom. The van der Waals surface area contributed by atoms with Crippen molar-refractivity contribution in [3.8, 4) is 0 Å². The summed E-state index contributed by atoms with van der Waals surface area (Å²) in [6.07, 6.45) is 2.83. The molecule has 172 valence electrons. The zero-order chi connectivity index (χ0) is 23.1. The lowest BCUT2D eigenvalue weighted by molar-refractivity contribution is -0.154. The number of hydrogen-bond donors (Lipinski definition) is 1. The molecular weight excluding hydrogens is 410 g/mol. The van der Waals surface area contributed by atoms with Gasteiger partial charge in [-0.1, -0.05) is 45.0 Å². The average molecular weight is 442 g/mol. The van der Waals surface area contributed by atoms with E-state index in [9.17, 15) is 19.2 Å². The summed E-state index contributed by atoms with van der Waals surface area (Å²) in [5.74, 6) is -1.15. The van der Waals surface area contributed by atoms with E-state index in [2.05, 4.69) is 32.2 Å². The van der Waals surface area contributed by atoms with Crippen LogP contribution in [0.3, 0.4) is 0 Å². The quantitative estimate of drug-likeness (QED) is 0.571. The summed E-state index contributed by atoms with van der Waals surface area (Å²) in [5, 5.41) is 2.84. The van der Waals surface area contributed by atoms with Crippen LogP contribution in [0.2, 0.25) is 0 Å². The maximum atomic E-state index is 13.1. The van der Waals surface area contributed by atoms with E-state index in [1.54, 1.807) is 4.90 Å². The van der Waals surface area contributed by atoms with Gasteiger partial charge in [-0.25, -0.2) is 4.79 Å². The normalized spacial score (nSPS) is 26.7. The summed E-state index contributed by atoms with van der Waals surface area (Å²) in [7, 11) is 0. The van der Waals surface area contributed by atoms with E-state index >= 15 is 0 Å². The van der Waals surface area contributed by atoms with Gasteiger partial charge in [0, 0.05) is 13.1 Å². The molecule has 1 N–H and O–H groups in total. The first-order valence-electron chi connectivity index (χ1n) is 11.2. The lowest BCUT2D eigenvalue weighted by Gasteiger charge is -2.43. The first-order chi connectivity index (χ1) is 15.1. The number of nitrogens with zero attached hydrogens (tertiary/aromatic N) is 2. The van der Waals surface area contributed by atoms with Gasteiger partial charge in [0.1, 0.15) is 12.1 Å². The molecular formula is C24H31N3O5. The molecule has 3 aliphatic rings. The number of amides is 4. The summed E-state index contributed by atoms with van der Waals surface area (Å²) < 4.78 is 5.14. The molecule has 8 heteroatoms. The van der Waals surface area contributed by atoms with Gasteiger partial charge in [0.2, 0.25) is 0 Å². The molecule has 32 heavy (non-hydrogen) atoms. The number of ether oxygens (including phenoxy) is 1. The van der Waals surface area contributed by atoms with Crippen molar-refractivity contribution in [2.24, 2.45) is 11.3 Å². The Balaban J connectivity index is 1.32. The highest BCUT2D eigenvalue weighted by molar-refractivity contribution is 6.08. The number of imide groups is 1. The van der Waals surface area contributed by atoms with E-state index in [-0.39, 0.29) is 23.1 Å². The minimum atomic E-state index is -0.963. The zero-order valence-corrected chi connectivity index (χ0v) is 19.0. The number of fused-ring (bicyclic) bond motifs is 1. The third-order valence-corrected chi connectivity index (χ3v) is 6.75. The highest BCUT2D eigenvalue weighted by Crippen LogP contribution is 2.46. The van der Waals surface area contributed by atoms with Crippen LogP contribution in [0.25, 0.3) is 0 Å². The van der Waals surface area contributed by atoms with Crippen molar-refractivity contribution < 1.29 is 23.9 Å². The highest BCUT2D eigenvalue weighted by atomic mass is 16.5. The average Bonchev–Trinajstić information content (AvgIpc) is 2.93. The molecule has 0 bridgehead atoms. The van der Waals surface area contributed by atoms with Gasteiger partial charge in [0.25, 0.3) is 11.8 Å². The van der Waals surface area contributed by atoms with Crippen molar-refractivity contribution in [1.82, 2.24) is 15.1 Å². The summed E-state index contributed by atoms with van der Waals surface area (Å²) in [5.41, 5.74) is 1.26. The minimum Gasteiger partial charge on any atom is -0.454 e. The van der Waals surface area contributed by atoms with Crippen LogP contribution in [-0.4, -0.2) is 58.8 Å². The third kappa shape index (κ3) is 4.36. The molecule has 2 aliphatic heterocycles. The van der Waals surface area contributed by atoms with Crippen LogP contribution < -0.4 is 5.32 Å². The fourth-order valence-electron chi connectivity index (χ4n) is 5.77. The van der Waals surface area contributed by atoms with E-state index < -0.39 is 30.7 Å². The second-order valence-corrected chi connectivity index (χ2v) is 10.3. The molecule has 1 aromatic rings. The van der Waals surface area contributed by atoms with Gasteiger partial charge in [-0.2, -0.15) is 0 Å². The number of carbonyl (C=O) groups is 4. The van der Waals surface area contributed by atoms with E-state index in [1.165, 1.54) is 5.56 Å². The molecule has 4 rings (SSSR count). The first-order valence-corrected chi connectivity index (χ1v) is 11.2. The van der Waals surface area contributed by atoms with Gasteiger partial charge in [-0.15, -0.1) is 0 Å². The van der Waals surface area contributed by atoms with Crippen LogP contribution in [0.5, 0.6) is 0 Å². The second-order valence-electron chi connectivity index (χ2n) is 10.3. The van der Waals surface area contributed by atoms with Crippen LogP contribution in [0.15, 0.2) is 24.3 Å². The van der Waals surface area contributed by atoms with Crippen LogP contribution in [0.1, 0.15) is 51.2 Å². The number of nitrogens with one attached hydrogen (secondary N) is 1. The molecule has 1 aromatic carbocycles. The number of carbonyl (C=O) groups excluding carboxylic acids is 4. The van der Waals surface area contributed by atoms with E-state index in [4.69, 9.17) is 4.74 Å². The fourth-order valence-corrected chi connectivity index (χ4v) is 5.77. The van der Waals surface area contributed by atoms with Gasteiger partial charge >= 0.3 is 12.0 Å². The van der Waals surface area contributed by atoms with Crippen LogP contribution in [-0.2, 0) is 32.1 Å².